The molecule has 4 rings (SSSR count). The number of hydrogen-bond donors (Lipinski definition) is 2. The van der Waals surface area contributed by atoms with Crippen LogP contribution in [0, 0.1) is 0 Å². The van der Waals surface area contributed by atoms with E-state index >= 15 is 0 Å². The fraction of sp³-hybridized carbons (Fsp3) is 0.0556. The van der Waals surface area contributed by atoms with Gasteiger partial charge in [-0.1, -0.05) is 18.2 Å². The summed E-state index contributed by atoms with van der Waals surface area (Å²) in [4.78, 5) is 13.9. The van der Waals surface area contributed by atoms with Crippen LogP contribution in [0.4, 0.5) is 13.2 Å². The maximum atomic E-state index is 13.6. The minimum Gasteiger partial charge on any atom is -0.504 e. The van der Waals surface area contributed by atoms with Gasteiger partial charge in [-0.2, -0.15) is 23.1 Å². The lowest BCUT2D eigenvalue weighted by Gasteiger charge is -2.11. The zero-order chi connectivity index (χ0) is 20.1. The molecule has 0 amide bonds. The monoisotopic (exact) mass is 389 g/mol. The molecule has 142 valence electrons. The highest BCUT2D eigenvalue weighted by Crippen LogP contribution is 2.40. The van der Waals surface area contributed by atoms with Crippen LogP contribution in [0.2, 0.25) is 0 Å². The van der Waals surface area contributed by atoms with Crippen molar-refractivity contribution in [3.63, 3.8) is 0 Å². The lowest BCUT2D eigenvalue weighted by molar-refractivity contribution is -0.152. The van der Waals surface area contributed by atoms with Gasteiger partial charge >= 0.3 is 6.18 Å². The number of aromatic nitrogens is 3. The number of fused-ring (bicyclic) bond motifs is 1. The second kappa shape index (κ2) is 6.12. The molecule has 0 aliphatic rings. The van der Waals surface area contributed by atoms with E-state index in [1.54, 1.807) is 30.3 Å². The number of nitrogens with zero attached hydrogens (tertiary/aromatic N) is 3. The molecule has 0 unspecified atom stereocenters. The van der Waals surface area contributed by atoms with E-state index < -0.39 is 40.0 Å². The second-order valence-corrected chi connectivity index (χ2v) is 5.80. The van der Waals surface area contributed by atoms with Crippen LogP contribution in [0.15, 0.2) is 57.9 Å². The molecule has 0 aliphatic carbocycles. The first-order valence-electron chi connectivity index (χ1n) is 7.84. The molecule has 0 fully saturated rings. The summed E-state index contributed by atoms with van der Waals surface area (Å²) in [5, 5.41) is 26.8. The molecule has 28 heavy (non-hydrogen) atoms. The van der Waals surface area contributed by atoms with E-state index in [4.69, 9.17) is 4.42 Å². The summed E-state index contributed by atoms with van der Waals surface area (Å²) in [6.07, 6.45) is -4.04. The minimum atomic E-state index is -5.06. The van der Waals surface area contributed by atoms with Crippen molar-refractivity contribution < 1.29 is 27.8 Å². The Morgan fingerprint density at radius 2 is 1.75 bits per heavy atom. The summed E-state index contributed by atoms with van der Waals surface area (Å²) in [5.74, 6) is -3.32. The summed E-state index contributed by atoms with van der Waals surface area (Å²) in [6, 6.07) is 10.4. The van der Waals surface area contributed by atoms with Crippen LogP contribution in [0.5, 0.6) is 11.5 Å². The van der Waals surface area contributed by atoms with Crippen molar-refractivity contribution in [2.75, 3.05) is 0 Å². The Labute approximate surface area is 153 Å². The van der Waals surface area contributed by atoms with Gasteiger partial charge in [0.25, 0.3) is 0 Å². The van der Waals surface area contributed by atoms with E-state index in [1.807, 2.05) is 0 Å². The predicted molar refractivity (Wildman–Crippen MR) is 91.2 cm³/mol. The van der Waals surface area contributed by atoms with Crippen molar-refractivity contribution in [3.8, 4) is 28.4 Å². The number of alkyl halides is 3. The molecule has 0 spiro atoms. The van der Waals surface area contributed by atoms with Crippen molar-refractivity contribution in [1.82, 2.24) is 15.0 Å². The molecule has 2 N–H and O–H groups in total. The molecule has 0 bridgehead atoms. The van der Waals surface area contributed by atoms with Gasteiger partial charge in [0.15, 0.2) is 11.3 Å². The molecule has 2 aromatic heterocycles. The Balaban J connectivity index is 2.02. The molecule has 0 atom stereocenters. The van der Waals surface area contributed by atoms with Crippen molar-refractivity contribution in [1.29, 1.82) is 0 Å². The van der Waals surface area contributed by atoms with Crippen molar-refractivity contribution >= 4 is 11.0 Å². The largest absolute Gasteiger partial charge is 0.504 e. The first kappa shape index (κ1) is 17.6. The maximum Gasteiger partial charge on any atom is 0.450 e. The van der Waals surface area contributed by atoms with E-state index in [2.05, 4.69) is 10.2 Å². The van der Waals surface area contributed by atoms with Gasteiger partial charge in [0.2, 0.25) is 16.9 Å². The van der Waals surface area contributed by atoms with Gasteiger partial charge in [0.05, 0.1) is 22.8 Å². The molecular formula is C18H10F3N3O4. The Morgan fingerprint density at radius 1 is 1.04 bits per heavy atom. The van der Waals surface area contributed by atoms with Gasteiger partial charge in [-0.05, 0) is 24.3 Å². The van der Waals surface area contributed by atoms with Crippen LogP contribution in [0.3, 0.4) is 0 Å². The summed E-state index contributed by atoms with van der Waals surface area (Å²) < 4.78 is 45.5. The molecule has 2 aromatic carbocycles. The smallest absolute Gasteiger partial charge is 0.450 e. The molecule has 0 aliphatic heterocycles. The van der Waals surface area contributed by atoms with Crippen LogP contribution in [0.1, 0.15) is 5.76 Å². The summed E-state index contributed by atoms with van der Waals surface area (Å²) in [6.45, 7) is 0. The van der Waals surface area contributed by atoms with E-state index in [1.165, 1.54) is 0 Å². The van der Waals surface area contributed by atoms with Crippen LogP contribution in [0.25, 0.3) is 27.9 Å². The molecule has 0 radical (unpaired) electrons. The van der Waals surface area contributed by atoms with Crippen molar-refractivity contribution in [2.45, 2.75) is 6.18 Å². The summed E-state index contributed by atoms with van der Waals surface area (Å²) >= 11 is 0. The molecule has 7 nitrogen and oxygen atoms in total. The average Bonchev–Trinajstić information content (AvgIpc) is 3.14. The lowest BCUT2D eigenvalue weighted by atomic mass is 10.1. The highest BCUT2D eigenvalue weighted by atomic mass is 19.4. The summed E-state index contributed by atoms with van der Waals surface area (Å²) in [5.41, 5.74) is -2.54. The fourth-order valence-electron chi connectivity index (χ4n) is 2.73. The number of hydrogen-bond acceptors (Lipinski definition) is 6. The number of para-hydroxylation sites is 1. The van der Waals surface area contributed by atoms with Gasteiger partial charge in [0, 0.05) is 0 Å². The van der Waals surface area contributed by atoms with Crippen LogP contribution < -0.4 is 5.43 Å². The second-order valence-electron chi connectivity index (χ2n) is 5.80. The molecule has 10 heteroatoms. The van der Waals surface area contributed by atoms with Crippen LogP contribution in [-0.2, 0) is 6.18 Å². The topological polar surface area (TPSA) is 101 Å². The Bertz CT molecular complexity index is 1250. The van der Waals surface area contributed by atoms with E-state index in [-0.39, 0.29) is 11.1 Å². The first-order chi connectivity index (χ1) is 13.3. The third-order valence-electron chi connectivity index (χ3n) is 4.01. The van der Waals surface area contributed by atoms with E-state index in [0.29, 0.717) is 5.69 Å². The average molecular weight is 389 g/mol. The standard InChI is InChI=1S/C18H10F3N3O4/c19-18(20,21)17-13(11-8-22-24(23-11)9-4-2-1-3-5-9)14(26)10-6-7-12(25)15(27)16(10)28-17/h1-8,25,27H. The van der Waals surface area contributed by atoms with Crippen LogP contribution in [-0.4, -0.2) is 25.2 Å². The van der Waals surface area contributed by atoms with Gasteiger partial charge in [-0.3, -0.25) is 4.79 Å². The van der Waals surface area contributed by atoms with Gasteiger partial charge < -0.3 is 14.6 Å². The molecule has 4 aromatic rings. The SMILES string of the molecule is O=c1c(-c2cnn(-c3ccccc3)n2)c(C(F)(F)F)oc2c(O)c(O)ccc12. The number of rotatable bonds is 2. The van der Waals surface area contributed by atoms with Gasteiger partial charge in [0.1, 0.15) is 5.69 Å². The number of phenols is 2. The van der Waals surface area contributed by atoms with E-state index in [9.17, 15) is 28.2 Å². The Morgan fingerprint density at radius 3 is 2.43 bits per heavy atom. The number of halogens is 3. The number of aromatic hydroxyl groups is 2. The Kier molecular flexibility index (Phi) is 3.84. The molecule has 2 heterocycles. The maximum absolute atomic E-state index is 13.6. The highest BCUT2D eigenvalue weighted by molar-refractivity contribution is 5.88. The Hall–Kier alpha value is -3.82. The summed E-state index contributed by atoms with van der Waals surface area (Å²) in [7, 11) is 0. The third-order valence-corrected chi connectivity index (χ3v) is 4.01. The lowest BCUT2D eigenvalue weighted by Crippen LogP contribution is -2.16. The molecular weight excluding hydrogens is 379 g/mol. The van der Waals surface area contributed by atoms with Crippen LogP contribution >= 0.6 is 0 Å². The number of benzene rings is 2. The minimum absolute atomic E-state index is 0.340. The van der Waals surface area contributed by atoms with E-state index in [0.717, 1.165) is 23.1 Å². The van der Waals surface area contributed by atoms with Crippen molar-refractivity contribution in [2.24, 2.45) is 0 Å². The zero-order valence-electron chi connectivity index (χ0n) is 13.8. The third kappa shape index (κ3) is 2.75. The normalized spacial score (nSPS) is 11.8. The highest BCUT2D eigenvalue weighted by Gasteiger charge is 2.40. The predicted octanol–water partition coefficient (Wildman–Crippen LogP) is 3.47. The quantitative estimate of drug-likeness (QED) is 0.509. The molecule has 0 saturated heterocycles. The van der Waals surface area contributed by atoms with Gasteiger partial charge in [-0.25, -0.2) is 0 Å². The van der Waals surface area contributed by atoms with Gasteiger partial charge in [-0.15, -0.1) is 5.10 Å². The number of phenolic OH excluding ortho intramolecular Hbond substituents is 2. The zero-order valence-corrected chi connectivity index (χ0v) is 13.8. The molecule has 0 saturated carbocycles. The first-order valence-corrected chi connectivity index (χ1v) is 7.84. The van der Waals surface area contributed by atoms with Crippen molar-refractivity contribution in [3.05, 3.63) is 64.6 Å². The fourth-order valence-corrected chi connectivity index (χ4v) is 2.73.